The molecule has 104 valence electrons. The lowest BCUT2D eigenvalue weighted by Crippen LogP contribution is -2.25. The fraction of sp³-hybridized carbons (Fsp3) is 0.385. The maximum absolute atomic E-state index is 12.1. The first-order valence-corrected chi connectivity index (χ1v) is 5.78. The Hall–Kier alpha value is -1.85. The van der Waals surface area contributed by atoms with Crippen molar-refractivity contribution in [2.24, 2.45) is 10.7 Å². The van der Waals surface area contributed by atoms with Crippen LogP contribution >= 0.6 is 0 Å². The summed E-state index contributed by atoms with van der Waals surface area (Å²) in [7, 11) is 0. The van der Waals surface area contributed by atoms with Crippen LogP contribution in [-0.4, -0.2) is 17.8 Å². The van der Waals surface area contributed by atoms with E-state index in [0.29, 0.717) is 0 Å². The third-order valence-corrected chi connectivity index (χ3v) is 2.56. The number of benzene rings is 1. The number of hydrogen-bond donors (Lipinski definition) is 1. The lowest BCUT2D eigenvalue weighted by molar-refractivity contribution is -0.133. The van der Waals surface area contributed by atoms with Crippen LogP contribution in [0.5, 0.6) is 0 Å². The molecule has 1 atom stereocenters. The van der Waals surface area contributed by atoms with Crippen LogP contribution in [0, 0.1) is 0 Å². The van der Waals surface area contributed by atoms with Crippen LogP contribution < -0.4 is 5.73 Å². The smallest absolute Gasteiger partial charge is 0.365 e. The average Bonchev–Trinajstić information content (AvgIpc) is 2.33. The molecule has 0 spiro atoms. The molecule has 0 heterocycles. The van der Waals surface area contributed by atoms with Gasteiger partial charge in [-0.15, -0.1) is 0 Å². The highest BCUT2D eigenvalue weighted by Gasteiger charge is 2.28. The van der Waals surface area contributed by atoms with Crippen LogP contribution in [-0.2, 0) is 4.79 Å². The molecule has 0 aliphatic rings. The molecule has 0 aliphatic heterocycles. The third kappa shape index (κ3) is 5.54. The Bertz CT molecular complexity index is 455. The molecule has 0 saturated heterocycles. The Labute approximate surface area is 109 Å². The summed E-state index contributed by atoms with van der Waals surface area (Å²) in [5.74, 6) is -0.910. The van der Waals surface area contributed by atoms with Crippen LogP contribution in [0.15, 0.2) is 35.3 Å². The van der Waals surface area contributed by atoms with Crippen LogP contribution in [0.2, 0.25) is 0 Å². The summed E-state index contributed by atoms with van der Waals surface area (Å²) in [4.78, 5) is 15.1. The standard InChI is InChI=1S/C13H15F3N2O/c1-9(10-5-3-2-4-6-10)18-11(12(17)19)7-8-13(14,15)16/h2-6,9H,7-8H2,1H3,(H2,17,19)/t9-/m1/s1. The number of primary amides is 1. The van der Waals surface area contributed by atoms with Crippen molar-refractivity contribution in [3.05, 3.63) is 35.9 Å². The van der Waals surface area contributed by atoms with E-state index in [0.717, 1.165) is 5.56 Å². The molecule has 0 aromatic heterocycles. The van der Waals surface area contributed by atoms with E-state index in [-0.39, 0.29) is 5.71 Å². The number of carbonyl (C=O) groups excluding carboxylic acids is 1. The van der Waals surface area contributed by atoms with Crippen molar-refractivity contribution < 1.29 is 18.0 Å². The Morgan fingerprint density at radius 3 is 2.37 bits per heavy atom. The van der Waals surface area contributed by atoms with E-state index in [2.05, 4.69) is 4.99 Å². The number of nitrogens with zero attached hydrogens (tertiary/aromatic N) is 1. The predicted octanol–water partition coefficient (Wildman–Crippen LogP) is 3.02. The molecule has 0 aliphatic carbocycles. The summed E-state index contributed by atoms with van der Waals surface area (Å²) in [6, 6.07) is 8.57. The highest BCUT2D eigenvalue weighted by atomic mass is 19.4. The second-order valence-corrected chi connectivity index (χ2v) is 4.14. The zero-order valence-electron chi connectivity index (χ0n) is 10.4. The Morgan fingerprint density at radius 1 is 1.32 bits per heavy atom. The number of nitrogens with two attached hydrogens (primary N) is 1. The molecule has 1 rings (SSSR count). The summed E-state index contributed by atoms with van der Waals surface area (Å²) in [5.41, 5.74) is 5.64. The van der Waals surface area contributed by atoms with Gasteiger partial charge in [0.05, 0.1) is 6.04 Å². The quantitative estimate of drug-likeness (QED) is 0.823. The number of halogens is 3. The lowest BCUT2D eigenvalue weighted by atomic mass is 10.1. The first-order chi connectivity index (χ1) is 8.79. The van der Waals surface area contributed by atoms with Gasteiger partial charge in [0.1, 0.15) is 5.71 Å². The molecule has 0 unspecified atom stereocenters. The second-order valence-electron chi connectivity index (χ2n) is 4.14. The topological polar surface area (TPSA) is 55.4 Å². The molecule has 0 radical (unpaired) electrons. The fourth-order valence-electron chi connectivity index (χ4n) is 1.55. The van der Waals surface area contributed by atoms with Crippen molar-refractivity contribution in [3.8, 4) is 0 Å². The summed E-state index contributed by atoms with van der Waals surface area (Å²) in [6.45, 7) is 1.70. The lowest BCUT2D eigenvalue weighted by Gasteiger charge is -2.10. The number of hydrogen-bond acceptors (Lipinski definition) is 2. The van der Waals surface area contributed by atoms with E-state index in [1.54, 1.807) is 31.2 Å². The molecule has 1 aromatic rings. The SMILES string of the molecule is C[C@@H](N=C(CCC(F)(F)F)C(N)=O)c1ccccc1. The summed E-state index contributed by atoms with van der Waals surface area (Å²) in [5, 5.41) is 0. The van der Waals surface area contributed by atoms with Gasteiger partial charge < -0.3 is 5.73 Å². The number of alkyl halides is 3. The Balaban J connectivity index is 2.81. The number of rotatable bonds is 5. The minimum absolute atomic E-state index is 0.228. The maximum Gasteiger partial charge on any atom is 0.389 e. The van der Waals surface area contributed by atoms with Gasteiger partial charge in [0.25, 0.3) is 5.91 Å². The molecule has 3 nitrogen and oxygen atoms in total. The monoisotopic (exact) mass is 272 g/mol. The van der Waals surface area contributed by atoms with Crippen molar-refractivity contribution in [1.82, 2.24) is 0 Å². The van der Waals surface area contributed by atoms with Crippen molar-refractivity contribution in [1.29, 1.82) is 0 Å². The van der Waals surface area contributed by atoms with Gasteiger partial charge in [-0.25, -0.2) is 0 Å². The van der Waals surface area contributed by atoms with E-state index < -0.39 is 31.0 Å². The van der Waals surface area contributed by atoms with Gasteiger partial charge in [-0.2, -0.15) is 13.2 Å². The van der Waals surface area contributed by atoms with E-state index >= 15 is 0 Å². The minimum Gasteiger partial charge on any atom is -0.365 e. The summed E-state index contributed by atoms with van der Waals surface area (Å²) in [6.07, 6.45) is -5.92. The van der Waals surface area contributed by atoms with Crippen LogP contribution in [0.4, 0.5) is 13.2 Å². The van der Waals surface area contributed by atoms with Gasteiger partial charge in [-0.1, -0.05) is 30.3 Å². The highest BCUT2D eigenvalue weighted by molar-refractivity contribution is 6.38. The van der Waals surface area contributed by atoms with E-state index in [1.165, 1.54) is 0 Å². The number of aliphatic imine (C=N–C) groups is 1. The van der Waals surface area contributed by atoms with Crippen molar-refractivity contribution in [2.45, 2.75) is 32.0 Å². The Kier molecular flexibility index (Phi) is 5.09. The van der Waals surface area contributed by atoms with E-state index in [1.807, 2.05) is 6.07 Å². The fourth-order valence-corrected chi connectivity index (χ4v) is 1.55. The summed E-state index contributed by atoms with van der Waals surface area (Å²) >= 11 is 0. The number of carbonyl (C=O) groups is 1. The van der Waals surface area contributed by atoms with Crippen molar-refractivity contribution in [3.63, 3.8) is 0 Å². The van der Waals surface area contributed by atoms with Gasteiger partial charge in [0.15, 0.2) is 0 Å². The molecule has 0 saturated carbocycles. The predicted molar refractivity (Wildman–Crippen MR) is 66.8 cm³/mol. The van der Waals surface area contributed by atoms with Gasteiger partial charge in [-0.05, 0) is 12.5 Å². The molecular formula is C13H15F3N2O. The maximum atomic E-state index is 12.1. The molecule has 2 N–H and O–H groups in total. The number of amides is 1. The summed E-state index contributed by atoms with van der Waals surface area (Å²) < 4.78 is 36.4. The molecule has 1 aromatic carbocycles. The first-order valence-electron chi connectivity index (χ1n) is 5.78. The molecule has 0 bridgehead atoms. The van der Waals surface area contributed by atoms with Crippen LogP contribution in [0.25, 0.3) is 0 Å². The van der Waals surface area contributed by atoms with Crippen molar-refractivity contribution in [2.75, 3.05) is 0 Å². The van der Waals surface area contributed by atoms with Crippen LogP contribution in [0.3, 0.4) is 0 Å². The minimum atomic E-state index is -4.33. The largest absolute Gasteiger partial charge is 0.389 e. The normalized spacial score (nSPS) is 14.2. The highest BCUT2D eigenvalue weighted by Crippen LogP contribution is 2.23. The van der Waals surface area contributed by atoms with Gasteiger partial charge in [-0.3, -0.25) is 9.79 Å². The van der Waals surface area contributed by atoms with Crippen LogP contribution in [0.1, 0.15) is 31.4 Å². The molecule has 1 amide bonds. The van der Waals surface area contributed by atoms with Crippen molar-refractivity contribution >= 4 is 11.6 Å². The second kappa shape index (κ2) is 6.36. The van der Waals surface area contributed by atoms with Gasteiger partial charge in [0.2, 0.25) is 0 Å². The van der Waals surface area contributed by atoms with Gasteiger partial charge >= 0.3 is 6.18 Å². The molecular weight excluding hydrogens is 257 g/mol. The Morgan fingerprint density at radius 2 is 1.89 bits per heavy atom. The molecule has 0 fully saturated rings. The zero-order chi connectivity index (χ0) is 14.5. The zero-order valence-corrected chi connectivity index (χ0v) is 10.4. The molecule has 19 heavy (non-hydrogen) atoms. The molecule has 6 heteroatoms. The van der Waals surface area contributed by atoms with E-state index in [4.69, 9.17) is 5.73 Å². The average molecular weight is 272 g/mol. The van der Waals surface area contributed by atoms with Gasteiger partial charge in [0, 0.05) is 12.8 Å². The first kappa shape index (κ1) is 15.2. The third-order valence-electron chi connectivity index (χ3n) is 2.56. The van der Waals surface area contributed by atoms with E-state index in [9.17, 15) is 18.0 Å².